The average molecular weight is 512 g/mol. The third kappa shape index (κ3) is 8.73. The lowest BCUT2D eigenvalue weighted by Crippen LogP contribution is -2.37. The number of aliphatic hydroxyl groups excluding tert-OH is 2. The molecule has 3 rings (SSSR count). The number of nitrogens with zero attached hydrogens (tertiary/aromatic N) is 1. The number of phenolic OH excluding ortho intramolecular Hbond substituents is 1. The molecule has 5 heteroatoms. The van der Waals surface area contributed by atoms with Gasteiger partial charge in [0, 0.05) is 17.7 Å². The molecule has 2 heterocycles. The smallest absolute Gasteiger partial charge is 0.126 e. The summed E-state index contributed by atoms with van der Waals surface area (Å²) in [6.07, 6.45) is 17.0. The quantitative estimate of drug-likeness (QED) is 0.263. The third-order valence-electron chi connectivity index (χ3n) is 8.07. The number of hydrogen-bond acceptors (Lipinski definition) is 5. The summed E-state index contributed by atoms with van der Waals surface area (Å²) in [6, 6.07) is 1.89. The van der Waals surface area contributed by atoms with Gasteiger partial charge in [0.25, 0.3) is 0 Å². The molecule has 0 bridgehead atoms. The van der Waals surface area contributed by atoms with Gasteiger partial charge in [-0.3, -0.25) is 4.90 Å². The zero-order valence-corrected chi connectivity index (χ0v) is 23.6. The lowest BCUT2D eigenvalue weighted by Gasteiger charge is -2.38. The number of phenols is 1. The molecular weight excluding hydrogens is 462 g/mol. The molecule has 1 unspecified atom stereocenters. The van der Waals surface area contributed by atoms with E-state index < -0.39 is 0 Å². The van der Waals surface area contributed by atoms with Crippen LogP contribution in [0.2, 0.25) is 0 Å². The second-order valence-electron chi connectivity index (χ2n) is 11.4. The molecule has 2 aliphatic heterocycles. The Morgan fingerprint density at radius 1 is 1.00 bits per heavy atom. The molecule has 0 saturated carbocycles. The first-order valence-electron chi connectivity index (χ1n) is 14.2. The van der Waals surface area contributed by atoms with Gasteiger partial charge in [0.15, 0.2) is 0 Å². The van der Waals surface area contributed by atoms with Gasteiger partial charge < -0.3 is 20.1 Å². The molecule has 0 spiro atoms. The fourth-order valence-corrected chi connectivity index (χ4v) is 5.55. The van der Waals surface area contributed by atoms with Crippen molar-refractivity contribution in [1.82, 2.24) is 4.90 Å². The monoisotopic (exact) mass is 511 g/mol. The Bertz CT molecular complexity index is 981. The normalized spacial score (nSPS) is 20.6. The molecule has 1 aromatic carbocycles. The number of aryl methyl sites for hydroxylation is 1. The molecule has 0 amide bonds. The van der Waals surface area contributed by atoms with Gasteiger partial charge in [0.1, 0.15) is 17.1 Å². The van der Waals surface area contributed by atoms with Crippen LogP contribution in [-0.4, -0.2) is 52.1 Å². The van der Waals surface area contributed by atoms with Crippen LogP contribution in [0.25, 0.3) is 0 Å². The van der Waals surface area contributed by atoms with E-state index in [0.29, 0.717) is 11.3 Å². The zero-order valence-electron chi connectivity index (χ0n) is 23.6. The maximum atomic E-state index is 10.7. The lowest BCUT2D eigenvalue weighted by molar-refractivity contribution is 0.0556. The van der Waals surface area contributed by atoms with Crippen molar-refractivity contribution >= 4 is 0 Å². The second-order valence-corrected chi connectivity index (χ2v) is 11.4. The minimum absolute atomic E-state index is 0.0666. The maximum absolute atomic E-state index is 10.7. The Morgan fingerprint density at radius 2 is 1.62 bits per heavy atom. The molecule has 3 N–H and O–H groups in total. The van der Waals surface area contributed by atoms with E-state index in [-0.39, 0.29) is 18.8 Å². The van der Waals surface area contributed by atoms with Crippen LogP contribution in [0.15, 0.2) is 41.0 Å². The topological polar surface area (TPSA) is 73.2 Å². The summed E-state index contributed by atoms with van der Waals surface area (Å²) >= 11 is 0. The van der Waals surface area contributed by atoms with Gasteiger partial charge in [-0.1, -0.05) is 29.4 Å². The lowest BCUT2D eigenvalue weighted by atomic mass is 9.85. The van der Waals surface area contributed by atoms with E-state index >= 15 is 0 Å². The van der Waals surface area contributed by atoms with E-state index in [1.165, 1.54) is 29.6 Å². The highest BCUT2D eigenvalue weighted by Gasteiger charge is 2.34. The van der Waals surface area contributed by atoms with Crippen molar-refractivity contribution < 1.29 is 20.1 Å². The third-order valence-corrected chi connectivity index (χ3v) is 8.07. The Kier molecular flexibility index (Phi) is 11.3. The van der Waals surface area contributed by atoms with E-state index in [2.05, 4.69) is 44.7 Å². The van der Waals surface area contributed by atoms with E-state index in [1.54, 1.807) is 0 Å². The van der Waals surface area contributed by atoms with Crippen LogP contribution in [0.5, 0.6) is 11.5 Å². The molecule has 0 aliphatic carbocycles. The summed E-state index contributed by atoms with van der Waals surface area (Å²) in [5.74, 6) is 1.43. The van der Waals surface area contributed by atoms with Crippen LogP contribution in [0, 0.1) is 6.92 Å². The predicted molar refractivity (Wildman–Crippen MR) is 152 cm³/mol. The largest absolute Gasteiger partial charge is 0.508 e. The van der Waals surface area contributed by atoms with E-state index in [9.17, 15) is 5.11 Å². The number of aliphatic hydroxyl groups is 2. The molecule has 37 heavy (non-hydrogen) atoms. The Hall–Kier alpha value is -2.08. The molecule has 1 atom stereocenters. The van der Waals surface area contributed by atoms with Crippen molar-refractivity contribution in [3.63, 3.8) is 0 Å². The first-order valence-corrected chi connectivity index (χ1v) is 14.2. The maximum Gasteiger partial charge on any atom is 0.126 e. The fourth-order valence-electron chi connectivity index (χ4n) is 5.55. The number of fused-ring (bicyclic) bond motifs is 1. The van der Waals surface area contributed by atoms with Crippen molar-refractivity contribution in [1.29, 1.82) is 0 Å². The highest BCUT2D eigenvalue weighted by atomic mass is 16.5. The summed E-state index contributed by atoms with van der Waals surface area (Å²) in [7, 11) is 0. The highest BCUT2D eigenvalue weighted by Crippen LogP contribution is 2.43. The second kappa shape index (κ2) is 14.2. The summed E-state index contributed by atoms with van der Waals surface area (Å²) in [4.78, 5) is 2.45. The van der Waals surface area contributed by atoms with Gasteiger partial charge in [-0.05, 0) is 122 Å². The number of likely N-dealkylation sites (tertiary alicyclic amines) is 1. The predicted octanol–water partition coefficient (Wildman–Crippen LogP) is 6.52. The highest BCUT2D eigenvalue weighted by molar-refractivity contribution is 5.54. The van der Waals surface area contributed by atoms with Crippen molar-refractivity contribution in [3.05, 3.63) is 57.7 Å². The summed E-state index contributed by atoms with van der Waals surface area (Å²) in [5, 5.41) is 29.0. The minimum atomic E-state index is -0.178. The van der Waals surface area contributed by atoms with Gasteiger partial charge in [0.2, 0.25) is 0 Å². The van der Waals surface area contributed by atoms with Crippen LogP contribution in [0.3, 0.4) is 0 Å². The van der Waals surface area contributed by atoms with Gasteiger partial charge in [-0.25, -0.2) is 0 Å². The fraction of sp³-hybridized carbons (Fsp3) is 0.625. The molecule has 1 saturated heterocycles. The molecule has 0 aromatic heterocycles. The molecular formula is C32H49NO4. The molecule has 206 valence electrons. The first-order chi connectivity index (χ1) is 17.7. The van der Waals surface area contributed by atoms with Crippen molar-refractivity contribution in [2.45, 2.75) is 104 Å². The Balaban J connectivity index is 1.50. The van der Waals surface area contributed by atoms with Gasteiger partial charge in [-0.15, -0.1) is 0 Å². The number of rotatable bonds is 13. The molecule has 1 aromatic rings. The summed E-state index contributed by atoms with van der Waals surface area (Å²) in [6.45, 7) is 11.6. The molecule has 0 radical (unpaired) electrons. The average Bonchev–Trinajstić information content (AvgIpc) is 3.38. The van der Waals surface area contributed by atoms with Crippen molar-refractivity contribution in [3.8, 4) is 11.5 Å². The summed E-state index contributed by atoms with van der Waals surface area (Å²) in [5.41, 5.74) is 6.62. The van der Waals surface area contributed by atoms with Crippen LogP contribution in [-0.2, 0) is 13.0 Å². The Morgan fingerprint density at radius 3 is 2.27 bits per heavy atom. The standard InChI is InChI=1S/C32H49NO4/c1-24(12-8-14-27(22-34)23-35)10-7-11-25(2)13-9-16-32(4)17-15-28-29(21-33-18-5-6-19-33)30(36)20-26(3)31(28)37-32/h10,13-14,20,34-36H,5-9,11-12,15-19,21-23H2,1-4H3/b24-10+,25-13+. The zero-order chi connectivity index (χ0) is 26.8. The van der Waals surface area contributed by atoms with Gasteiger partial charge in [-0.2, -0.15) is 0 Å². The van der Waals surface area contributed by atoms with Crippen LogP contribution in [0.4, 0.5) is 0 Å². The number of hydrogen-bond donors (Lipinski definition) is 3. The molecule has 5 nitrogen and oxygen atoms in total. The van der Waals surface area contributed by atoms with E-state index in [4.69, 9.17) is 14.9 Å². The SMILES string of the molecule is C/C(=C\CC/C(C)=C/CCC1(C)CCc2c(CN3CCCC3)c(O)cc(C)c2O1)CCC=C(CO)CO. The van der Waals surface area contributed by atoms with Crippen LogP contribution in [0.1, 0.15) is 95.2 Å². The Labute approximate surface area is 224 Å². The summed E-state index contributed by atoms with van der Waals surface area (Å²) < 4.78 is 6.67. The minimum Gasteiger partial charge on any atom is -0.508 e. The number of aromatic hydroxyl groups is 1. The molecule has 1 fully saturated rings. The number of ether oxygens (including phenoxy) is 1. The first kappa shape index (κ1) is 29.5. The molecule has 2 aliphatic rings. The van der Waals surface area contributed by atoms with Crippen LogP contribution < -0.4 is 4.74 Å². The van der Waals surface area contributed by atoms with Crippen LogP contribution >= 0.6 is 0 Å². The van der Waals surface area contributed by atoms with E-state index in [0.717, 1.165) is 87.9 Å². The van der Waals surface area contributed by atoms with Gasteiger partial charge >= 0.3 is 0 Å². The number of allylic oxidation sites excluding steroid dienone is 5. The van der Waals surface area contributed by atoms with Crippen molar-refractivity contribution in [2.75, 3.05) is 26.3 Å². The van der Waals surface area contributed by atoms with Gasteiger partial charge in [0.05, 0.1) is 13.2 Å². The van der Waals surface area contributed by atoms with Crippen molar-refractivity contribution in [2.24, 2.45) is 0 Å². The van der Waals surface area contributed by atoms with E-state index in [1.807, 2.05) is 12.1 Å². The number of benzene rings is 1.